The number of pyridine rings is 1. The Bertz CT molecular complexity index is 1050. The van der Waals surface area contributed by atoms with Crippen molar-refractivity contribution in [3.05, 3.63) is 44.7 Å². The van der Waals surface area contributed by atoms with E-state index in [0.717, 1.165) is 47.4 Å². The first-order valence-corrected chi connectivity index (χ1v) is 11.3. The lowest BCUT2D eigenvalue weighted by atomic mass is 9.90. The standard InChI is InChI=1S/C22H24ClNO5S/c1-12-14-9-16(22(26)27)21(25)24(13-5-3-6-13)20(14)15-10-17(23)18(11-19(15)30-12)29-8-4-7-28-2/h9-13H,3-8H2,1-2H3,(H,26,27). The summed E-state index contributed by atoms with van der Waals surface area (Å²) in [6, 6.07) is 5.33. The maximum atomic E-state index is 13.1. The van der Waals surface area contributed by atoms with Crippen molar-refractivity contribution in [2.75, 3.05) is 20.3 Å². The summed E-state index contributed by atoms with van der Waals surface area (Å²) < 4.78 is 12.6. The van der Waals surface area contributed by atoms with Crippen LogP contribution in [0.5, 0.6) is 5.75 Å². The second-order valence-corrected chi connectivity index (χ2v) is 9.45. The summed E-state index contributed by atoms with van der Waals surface area (Å²) in [5.41, 5.74) is 1.92. The largest absolute Gasteiger partial charge is 0.492 e. The van der Waals surface area contributed by atoms with Crippen LogP contribution in [0.4, 0.5) is 0 Å². The maximum Gasteiger partial charge on any atom is 0.341 e. The lowest BCUT2D eigenvalue weighted by Crippen LogP contribution is -2.35. The molecule has 1 aromatic heterocycles. The number of methoxy groups -OCH3 is 1. The molecule has 4 rings (SSSR count). The average Bonchev–Trinajstić information content (AvgIpc) is 2.66. The first-order valence-electron chi connectivity index (χ1n) is 10.1. The smallest absolute Gasteiger partial charge is 0.341 e. The van der Waals surface area contributed by atoms with E-state index in [1.165, 1.54) is 0 Å². The molecule has 8 heteroatoms. The fraction of sp³-hybridized carbons (Fsp3) is 0.455. The van der Waals surface area contributed by atoms with Crippen LogP contribution < -0.4 is 10.3 Å². The predicted octanol–water partition coefficient (Wildman–Crippen LogP) is 5.17. The molecule has 0 saturated heterocycles. The molecule has 0 radical (unpaired) electrons. The quantitative estimate of drug-likeness (QED) is 0.587. The molecule has 2 aliphatic rings. The van der Waals surface area contributed by atoms with Gasteiger partial charge in [0, 0.05) is 41.9 Å². The number of rotatable bonds is 7. The molecule has 2 heterocycles. The van der Waals surface area contributed by atoms with Crippen LogP contribution in [0.25, 0.3) is 11.3 Å². The SMILES string of the molecule is COCCCOc1cc2c(cc1Cl)-c1c(cc(C(=O)O)c(=O)n1C1CCC1)C(C)S2. The van der Waals surface area contributed by atoms with E-state index in [0.29, 0.717) is 24.0 Å². The summed E-state index contributed by atoms with van der Waals surface area (Å²) >= 11 is 8.15. The molecule has 160 valence electrons. The van der Waals surface area contributed by atoms with E-state index in [-0.39, 0.29) is 16.9 Å². The lowest BCUT2D eigenvalue weighted by molar-refractivity contribution is 0.0693. The van der Waals surface area contributed by atoms with Crippen LogP contribution in [0.3, 0.4) is 0 Å². The number of aromatic carboxylic acids is 1. The molecule has 0 bridgehead atoms. The fourth-order valence-electron chi connectivity index (χ4n) is 3.96. The van der Waals surface area contributed by atoms with Gasteiger partial charge in [0.15, 0.2) is 0 Å². The summed E-state index contributed by atoms with van der Waals surface area (Å²) in [6.07, 6.45) is 3.55. The summed E-state index contributed by atoms with van der Waals surface area (Å²) in [5, 5.41) is 10.1. The zero-order valence-electron chi connectivity index (χ0n) is 16.9. The van der Waals surface area contributed by atoms with Gasteiger partial charge in [-0.3, -0.25) is 4.79 Å². The molecule has 30 heavy (non-hydrogen) atoms. The Hall–Kier alpha value is -1.96. The molecule has 0 amide bonds. The zero-order valence-corrected chi connectivity index (χ0v) is 18.5. The topological polar surface area (TPSA) is 77.8 Å². The van der Waals surface area contributed by atoms with Gasteiger partial charge in [-0.1, -0.05) is 11.6 Å². The van der Waals surface area contributed by atoms with E-state index in [9.17, 15) is 14.7 Å². The van der Waals surface area contributed by atoms with Gasteiger partial charge in [-0.15, -0.1) is 11.8 Å². The van der Waals surface area contributed by atoms with E-state index >= 15 is 0 Å². The summed E-state index contributed by atoms with van der Waals surface area (Å²) in [7, 11) is 1.65. The van der Waals surface area contributed by atoms with Crippen LogP contribution >= 0.6 is 23.4 Å². The Morgan fingerprint density at radius 2 is 2.07 bits per heavy atom. The summed E-state index contributed by atoms with van der Waals surface area (Å²) in [5.74, 6) is -0.578. The Balaban J connectivity index is 1.84. The monoisotopic (exact) mass is 449 g/mol. The van der Waals surface area contributed by atoms with Crippen molar-refractivity contribution in [1.82, 2.24) is 4.57 Å². The highest BCUT2D eigenvalue weighted by atomic mass is 35.5. The van der Waals surface area contributed by atoms with Crippen LogP contribution in [0, 0.1) is 0 Å². The van der Waals surface area contributed by atoms with Gasteiger partial charge < -0.3 is 19.1 Å². The third-order valence-corrected chi connectivity index (χ3v) is 7.21. The molecule has 1 aliphatic carbocycles. The van der Waals surface area contributed by atoms with Crippen LogP contribution in [-0.2, 0) is 4.74 Å². The fourth-order valence-corrected chi connectivity index (χ4v) is 5.33. The maximum absolute atomic E-state index is 13.1. The van der Waals surface area contributed by atoms with Crippen molar-refractivity contribution < 1.29 is 19.4 Å². The molecule has 1 atom stereocenters. The van der Waals surface area contributed by atoms with Crippen molar-refractivity contribution >= 4 is 29.3 Å². The highest BCUT2D eigenvalue weighted by Crippen LogP contribution is 2.52. The number of carboxylic acid groups (broad SMARTS) is 1. The third kappa shape index (κ3) is 3.74. The third-order valence-electron chi connectivity index (χ3n) is 5.71. The summed E-state index contributed by atoms with van der Waals surface area (Å²) in [4.78, 5) is 25.8. The highest BCUT2D eigenvalue weighted by Gasteiger charge is 2.33. The molecular formula is C22H24ClNO5S. The molecule has 2 aromatic rings. The number of fused-ring (bicyclic) bond motifs is 3. The second kappa shape index (κ2) is 8.65. The number of hydrogen-bond donors (Lipinski definition) is 1. The Labute approximate surface area is 184 Å². The first-order chi connectivity index (χ1) is 14.4. The summed E-state index contributed by atoms with van der Waals surface area (Å²) in [6.45, 7) is 3.14. The zero-order chi connectivity index (χ0) is 21.4. The van der Waals surface area contributed by atoms with Crippen molar-refractivity contribution in [1.29, 1.82) is 0 Å². The predicted molar refractivity (Wildman–Crippen MR) is 117 cm³/mol. The van der Waals surface area contributed by atoms with Crippen molar-refractivity contribution in [2.45, 2.75) is 48.8 Å². The molecule has 1 saturated carbocycles. The minimum Gasteiger partial charge on any atom is -0.492 e. The lowest BCUT2D eigenvalue weighted by Gasteiger charge is -2.35. The Kier molecular flexibility index (Phi) is 6.14. The van der Waals surface area contributed by atoms with Gasteiger partial charge in [0.1, 0.15) is 11.3 Å². The van der Waals surface area contributed by atoms with E-state index < -0.39 is 11.5 Å². The number of aromatic nitrogens is 1. The van der Waals surface area contributed by atoms with Gasteiger partial charge in [0.05, 0.1) is 17.3 Å². The van der Waals surface area contributed by atoms with Crippen LogP contribution in [0.2, 0.25) is 5.02 Å². The highest BCUT2D eigenvalue weighted by molar-refractivity contribution is 7.99. The van der Waals surface area contributed by atoms with Gasteiger partial charge in [-0.2, -0.15) is 0 Å². The average molecular weight is 450 g/mol. The second-order valence-electron chi connectivity index (χ2n) is 7.66. The molecule has 1 fully saturated rings. The number of thioether (sulfide) groups is 1. The number of halogens is 1. The number of ether oxygens (including phenoxy) is 2. The van der Waals surface area contributed by atoms with Crippen LogP contribution in [-0.4, -0.2) is 36.0 Å². The molecule has 1 aliphatic heterocycles. The van der Waals surface area contributed by atoms with Crippen molar-refractivity contribution in [2.24, 2.45) is 0 Å². The normalized spacial score (nSPS) is 17.8. The number of benzene rings is 1. The number of carbonyl (C=O) groups is 1. The number of hydrogen-bond acceptors (Lipinski definition) is 5. The number of carboxylic acids is 1. The Morgan fingerprint density at radius 3 is 2.70 bits per heavy atom. The molecule has 1 N–H and O–H groups in total. The van der Waals surface area contributed by atoms with Gasteiger partial charge in [0.2, 0.25) is 0 Å². The van der Waals surface area contributed by atoms with E-state index in [1.54, 1.807) is 29.5 Å². The first kappa shape index (κ1) is 21.3. The van der Waals surface area contributed by atoms with Gasteiger partial charge in [-0.05, 0) is 49.9 Å². The van der Waals surface area contributed by atoms with Crippen LogP contribution in [0.15, 0.2) is 27.9 Å². The molecule has 1 unspecified atom stereocenters. The van der Waals surface area contributed by atoms with E-state index in [2.05, 4.69) is 0 Å². The minimum absolute atomic E-state index is 0.0000402. The van der Waals surface area contributed by atoms with Gasteiger partial charge in [0.25, 0.3) is 5.56 Å². The van der Waals surface area contributed by atoms with Gasteiger partial charge in [-0.25, -0.2) is 4.79 Å². The Morgan fingerprint density at radius 1 is 1.30 bits per heavy atom. The molecule has 0 spiro atoms. The molecule has 6 nitrogen and oxygen atoms in total. The van der Waals surface area contributed by atoms with Crippen molar-refractivity contribution in [3.63, 3.8) is 0 Å². The molecule has 1 aromatic carbocycles. The van der Waals surface area contributed by atoms with Crippen LogP contribution in [0.1, 0.15) is 59.8 Å². The van der Waals surface area contributed by atoms with Crippen molar-refractivity contribution in [3.8, 4) is 17.0 Å². The number of nitrogens with zero attached hydrogens (tertiary/aromatic N) is 1. The molecular weight excluding hydrogens is 426 g/mol. The van der Waals surface area contributed by atoms with E-state index in [4.69, 9.17) is 21.1 Å². The minimum atomic E-state index is -1.18. The van der Waals surface area contributed by atoms with Gasteiger partial charge >= 0.3 is 5.97 Å². The van der Waals surface area contributed by atoms with E-state index in [1.807, 2.05) is 19.1 Å².